The van der Waals surface area contributed by atoms with Crippen molar-refractivity contribution in [1.82, 2.24) is 0 Å². The molecule has 0 aliphatic heterocycles. The second-order valence-corrected chi connectivity index (χ2v) is 1.80. The highest BCUT2D eigenvalue weighted by atomic mass is 19.4. The van der Waals surface area contributed by atoms with Crippen molar-refractivity contribution in [3.05, 3.63) is 0 Å². The van der Waals surface area contributed by atoms with E-state index in [4.69, 9.17) is 5.11 Å². The number of aliphatic hydroxyl groups excluding tert-OH is 1. The Morgan fingerprint density at radius 2 is 2.00 bits per heavy atom. The van der Waals surface area contributed by atoms with Crippen molar-refractivity contribution in [3.8, 4) is 0 Å². The first kappa shape index (κ1) is 9.42. The monoisotopic (exact) mass is 156 g/mol. The van der Waals surface area contributed by atoms with Crippen LogP contribution in [-0.4, -0.2) is 23.7 Å². The average Bonchev–Trinajstić information content (AvgIpc) is 1.80. The van der Waals surface area contributed by atoms with Crippen LogP contribution in [0.4, 0.5) is 13.2 Å². The lowest BCUT2D eigenvalue weighted by Gasteiger charge is -2.11. The van der Waals surface area contributed by atoms with Gasteiger partial charge in [-0.1, -0.05) is 0 Å². The fourth-order valence-electron chi connectivity index (χ4n) is 0.390. The van der Waals surface area contributed by atoms with Gasteiger partial charge in [0.2, 0.25) is 0 Å². The largest absolute Gasteiger partial charge is 0.414 e. The van der Waals surface area contributed by atoms with Gasteiger partial charge in [-0.3, -0.25) is 0 Å². The summed E-state index contributed by atoms with van der Waals surface area (Å²) in [5.74, 6) is 0. The number of aldehydes is 1. The first-order valence-electron chi connectivity index (χ1n) is 2.67. The standard InChI is InChI=1S/C5H7F3O2/c6-5(7,8)4(10)2-1-3-9/h3-4,10H,1-2H2. The molecule has 0 saturated heterocycles. The maximum Gasteiger partial charge on any atom is 0.414 e. The highest BCUT2D eigenvalue weighted by Gasteiger charge is 2.37. The molecule has 0 aromatic carbocycles. The van der Waals surface area contributed by atoms with Gasteiger partial charge in [-0.25, -0.2) is 0 Å². The molecule has 60 valence electrons. The van der Waals surface area contributed by atoms with Gasteiger partial charge in [0.15, 0.2) is 0 Å². The summed E-state index contributed by atoms with van der Waals surface area (Å²) in [5, 5.41) is 8.23. The SMILES string of the molecule is O=CCCC(O)C(F)(F)F. The molecule has 0 bridgehead atoms. The highest BCUT2D eigenvalue weighted by Crippen LogP contribution is 2.22. The van der Waals surface area contributed by atoms with E-state index in [0.29, 0.717) is 6.29 Å². The Hall–Kier alpha value is -0.580. The van der Waals surface area contributed by atoms with Gasteiger partial charge >= 0.3 is 6.18 Å². The zero-order valence-electron chi connectivity index (χ0n) is 5.06. The number of carbonyl (C=O) groups excluding carboxylic acids is 1. The van der Waals surface area contributed by atoms with Crippen LogP contribution in [0.15, 0.2) is 0 Å². The van der Waals surface area contributed by atoms with E-state index in [1.165, 1.54) is 0 Å². The van der Waals surface area contributed by atoms with Crippen LogP contribution in [0, 0.1) is 0 Å². The topological polar surface area (TPSA) is 37.3 Å². The number of aliphatic hydroxyl groups is 1. The molecular weight excluding hydrogens is 149 g/mol. The number of rotatable bonds is 3. The molecule has 10 heavy (non-hydrogen) atoms. The zero-order valence-corrected chi connectivity index (χ0v) is 5.06. The van der Waals surface area contributed by atoms with Crippen molar-refractivity contribution in [1.29, 1.82) is 0 Å². The number of halogens is 3. The van der Waals surface area contributed by atoms with E-state index in [9.17, 15) is 18.0 Å². The summed E-state index contributed by atoms with van der Waals surface area (Å²) in [6.45, 7) is 0. The molecule has 0 spiro atoms. The van der Waals surface area contributed by atoms with Gasteiger partial charge in [-0.15, -0.1) is 0 Å². The van der Waals surface area contributed by atoms with Crippen molar-refractivity contribution in [2.75, 3.05) is 0 Å². The molecule has 0 aromatic rings. The highest BCUT2D eigenvalue weighted by molar-refractivity contribution is 5.49. The normalized spacial score (nSPS) is 14.8. The van der Waals surface area contributed by atoms with Crippen molar-refractivity contribution >= 4 is 6.29 Å². The summed E-state index contributed by atoms with van der Waals surface area (Å²) in [5.41, 5.74) is 0. The fraction of sp³-hybridized carbons (Fsp3) is 0.800. The lowest BCUT2D eigenvalue weighted by atomic mass is 10.2. The smallest absolute Gasteiger partial charge is 0.384 e. The Balaban J connectivity index is 3.61. The lowest BCUT2D eigenvalue weighted by Crippen LogP contribution is -2.28. The molecule has 0 heterocycles. The van der Waals surface area contributed by atoms with Crippen molar-refractivity contribution < 1.29 is 23.1 Å². The summed E-state index contributed by atoms with van der Waals surface area (Å²) in [7, 11) is 0. The first-order valence-corrected chi connectivity index (χ1v) is 2.67. The lowest BCUT2D eigenvalue weighted by molar-refractivity contribution is -0.205. The van der Waals surface area contributed by atoms with Gasteiger partial charge in [-0.05, 0) is 6.42 Å². The van der Waals surface area contributed by atoms with Crippen LogP contribution in [0.3, 0.4) is 0 Å². The minimum atomic E-state index is -4.59. The molecule has 1 unspecified atom stereocenters. The van der Waals surface area contributed by atoms with E-state index >= 15 is 0 Å². The summed E-state index contributed by atoms with van der Waals surface area (Å²) in [6.07, 6.45) is -7.43. The maximum atomic E-state index is 11.4. The fourth-order valence-corrected chi connectivity index (χ4v) is 0.390. The minimum Gasteiger partial charge on any atom is -0.384 e. The molecule has 0 saturated carbocycles. The Kier molecular flexibility index (Phi) is 3.35. The average molecular weight is 156 g/mol. The summed E-state index contributed by atoms with van der Waals surface area (Å²) < 4.78 is 34.2. The molecule has 1 N–H and O–H groups in total. The summed E-state index contributed by atoms with van der Waals surface area (Å²) >= 11 is 0. The molecule has 0 aromatic heterocycles. The van der Waals surface area contributed by atoms with E-state index in [1.807, 2.05) is 0 Å². The summed E-state index contributed by atoms with van der Waals surface area (Å²) in [4.78, 5) is 9.56. The van der Waals surface area contributed by atoms with Crippen molar-refractivity contribution in [3.63, 3.8) is 0 Å². The Bertz CT molecular complexity index is 110. The predicted octanol–water partition coefficient (Wildman–Crippen LogP) is 0.889. The van der Waals surface area contributed by atoms with E-state index in [2.05, 4.69) is 0 Å². The predicted molar refractivity (Wildman–Crippen MR) is 27.4 cm³/mol. The van der Waals surface area contributed by atoms with Gasteiger partial charge in [0.1, 0.15) is 12.4 Å². The van der Waals surface area contributed by atoms with Gasteiger partial charge in [0.05, 0.1) is 0 Å². The van der Waals surface area contributed by atoms with Crippen LogP contribution < -0.4 is 0 Å². The third-order valence-electron chi connectivity index (χ3n) is 0.936. The summed E-state index contributed by atoms with van der Waals surface area (Å²) in [6, 6.07) is 0. The van der Waals surface area contributed by atoms with Crippen LogP contribution in [0.1, 0.15) is 12.8 Å². The van der Waals surface area contributed by atoms with Crippen LogP contribution in [-0.2, 0) is 4.79 Å². The molecule has 2 nitrogen and oxygen atoms in total. The molecule has 0 aliphatic carbocycles. The molecule has 1 atom stereocenters. The van der Waals surface area contributed by atoms with Gasteiger partial charge in [0.25, 0.3) is 0 Å². The maximum absolute atomic E-state index is 11.4. The third-order valence-corrected chi connectivity index (χ3v) is 0.936. The molecular formula is C5H7F3O2. The molecule has 5 heteroatoms. The van der Waals surface area contributed by atoms with Crippen LogP contribution >= 0.6 is 0 Å². The number of hydrogen-bond acceptors (Lipinski definition) is 2. The minimum absolute atomic E-state index is 0.263. The van der Waals surface area contributed by atoms with Crippen molar-refractivity contribution in [2.45, 2.75) is 25.1 Å². The number of alkyl halides is 3. The second-order valence-electron chi connectivity index (χ2n) is 1.80. The quantitative estimate of drug-likeness (QED) is 0.616. The van der Waals surface area contributed by atoms with Crippen LogP contribution in [0.25, 0.3) is 0 Å². The number of hydrogen-bond donors (Lipinski definition) is 1. The molecule has 0 aliphatic rings. The molecule has 0 rings (SSSR count). The van der Waals surface area contributed by atoms with Crippen molar-refractivity contribution in [2.24, 2.45) is 0 Å². The van der Waals surface area contributed by atoms with Gasteiger partial charge in [-0.2, -0.15) is 13.2 Å². The first-order chi connectivity index (χ1) is 4.48. The Morgan fingerprint density at radius 3 is 2.30 bits per heavy atom. The van der Waals surface area contributed by atoms with Gasteiger partial charge < -0.3 is 9.90 Å². The molecule has 0 fully saturated rings. The Morgan fingerprint density at radius 1 is 1.50 bits per heavy atom. The zero-order chi connectivity index (χ0) is 8.20. The third kappa shape index (κ3) is 3.45. The van der Waals surface area contributed by atoms with E-state index in [1.54, 1.807) is 0 Å². The van der Waals surface area contributed by atoms with Gasteiger partial charge in [0, 0.05) is 6.42 Å². The van der Waals surface area contributed by atoms with Crippen LogP contribution in [0.2, 0.25) is 0 Å². The van der Waals surface area contributed by atoms with E-state index in [0.717, 1.165) is 0 Å². The number of carbonyl (C=O) groups is 1. The molecule has 0 amide bonds. The molecule has 0 radical (unpaired) electrons. The van der Waals surface area contributed by atoms with Crippen LogP contribution in [0.5, 0.6) is 0 Å². The van der Waals surface area contributed by atoms with E-state index in [-0.39, 0.29) is 6.42 Å². The second kappa shape index (κ2) is 3.55. The Labute approximate surface area is 55.7 Å². The van der Waals surface area contributed by atoms with E-state index < -0.39 is 18.7 Å².